The molecule has 0 saturated heterocycles. The van der Waals surface area contributed by atoms with Crippen LogP contribution in [0.3, 0.4) is 0 Å². The fraction of sp³-hybridized carbons (Fsp3) is 0.286. The number of hydrogen-bond acceptors (Lipinski definition) is 3. The number of fused-ring (bicyclic) bond motifs is 1. The first-order valence-corrected chi connectivity index (χ1v) is 5.88. The SMILES string of the molecule is [2H]c1ccc(-c2nc(C)c3c(n2)CNCC3)cc1. The highest BCUT2D eigenvalue weighted by Gasteiger charge is 2.15. The lowest BCUT2D eigenvalue weighted by atomic mass is 10.0. The van der Waals surface area contributed by atoms with Crippen LogP contribution in [0.5, 0.6) is 0 Å². The first-order chi connectivity index (χ1) is 8.74. The largest absolute Gasteiger partial charge is 0.311 e. The molecule has 1 aromatic carbocycles. The van der Waals surface area contributed by atoms with E-state index in [1.165, 1.54) is 5.56 Å². The Balaban J connectivity index is 2.08. The highest BCUT2D eigenvalue weighted by molar-refractivity contribution is 5.55. The van der Waals surface area contributed by atoms with Gasteiger partial charge in [-0.25, -0.2) is 9.97 Å². The molecule has 0 saturated carbocycles. The Kier molecular flexibility index (Phi) is 2.33. The van der Waals surface area contributed by atoms with Crippen LogP contribution >= 0.6 is 0 Å². The molecular formula is C14H15N3. The summed E-state index contributed by atoms with van der Waals surface area (Å²) < 4.78 is 7.50. The zero-order valence-corrected chi connectivity index (χ0v) is 9.83. The van der Waals surface area contributed by atoms with E-state index in [1.807, 2.05) is 19.1 Å². The van der Waals surface area contributed by atoms with Crippen molar-refractivity contribution >= 4 is 0 Å². The number of hydrogen-bond donors (Lipinski definition) is 1. The maximum atomic E-state index is 7.50. The second-order valence-electron chi connectivity index (χ2n) is 4.27. The van der Waals surface area contributed by atoms with Crippen molar-refractivity contribution < 1.29 is 1.37 Å². The third-order valence-corrected chi connectivity index (χ3v) is 3.12. The Morgan fingerprint density at radius 2 is 2.12 bits per heavy atom. The monoisotopic (exact) mass is 226 g/mol. The fourth-order valence-electron chi connectivity index (χ4n) is 2.21. The van der Waals surface area contributed by atoms with Crippen molar-refractivity contribution in [1.82, 2.24) is 15.3 Å². The van der Waals surface area contributed by atoms with E-state index in [1.54, 1.807) is 12.1 Å². The van der Waals surface area contributed by atoms with Crippen LogP contribution in [0.2, 0.25) is 0 Å². The first-order valence-electron chi connectivity index (χ1n) is 6.38. The second-order valence-corrected chi connectivity index (χ2v) is 4.27. The molecule has 1 N–H and O–H groups in total. The number of rotatable bonds is 1. The van der Waals surface area contributed by atoms with Crippen LogP contribution in [0.25, 0.3) is 11.4 Å². The number of nitrogens with one attached hydrogen (secondary N) is 1. The van der Waals surface area contributed by atoms with Crippen molar-refractivity contribution in [2.45, 2.75) is 19.9 Å². The van der Waals surface area contributed by atoms with Crippen LogP contribution in [-0.4, -0.2) is 16.5 Å². The van der Waals surface area contributed by atoms with Crippen LogP contribution in [-0.2, 0) is 13.0 Å². The van der Waals surface area contributed by atoms with Gasteiger partial charge in [-0.15, -0.1) is 0 Å². The number of aromatic nitrogens is 2. The Morgan fingerprint density at radius 3 is 2.94 bits per heavy atom. The van der Waals surface area contributed by atoms with Crippen molar-refractivity contribution in [2.24, 2.45) is 0 Å². The zero-order valence-electron chi connectivity index (χ0n) is 10.8. The predicted molar refractivity (Wildman–Crippen MR) is 67.6 cm³/mol. The molecule has 0 radical (unpaired) electrons. The predicted octanol–water partition coefficient (Wildman–Crippen LogP) is 2.10. The molecule has 0 spiro atoms. The summed E-state index contributed by atoms with van der Waals surface area (Å²) in [5.74, 6) is 0.759. The molecule has 2 heterocycles. The van der Waals surface area contributed by atoms with Crippen LogP contribution in [0.4, 0.5) is 0 Å². The zero-order chi connectivity index (χ0) is 12.5. The van der Waals surface area contributed by atoms with Gasteiger partial charge in [-0.2, -0.15) is 0 Å². The number of benzene rings is 1. The Labute approximate surface area is 102 Å². The third-order valence-electron chi connectivity index (χ3n) is 3.12. The average Bonchev–Trinajstić information content (AvgIpc) is 2.39. The maximum Gasteiger partial charge on any atom is 0.159 e. The van der Waals surface area contributed by atoms with E-state index in [4.69, 9.17) is 1.37 Å². The number of nitrogens with zero attached hydrogens (tertiary/aromatic N) is 2. The molecular weight excluding hydrogens is 210 g/mol. The molecule has 3 heteroatoms. The van der Waals surface area contributed by atoms with Crippen LogP contribution in [0, 0.1) is 6.92 Å². The maximum absolute atomic E-state index is 7.50. The van der Waals surface area contributed by atoms with Crippen LogP contribution in [0.15, 0.2) is 30.3 Å². The molecule has 1 aromatic heterocycles. The Hall–Kier alpha value is -1.74. The summed E-state index contributed by atoms with van der Waals surface area (Å²) in [5, 5.41) is 3.34. The molecule has 0 atom stereocenters. The normalized spacial score (nSPS) is 15.2. The molecule has 3 rings (SSSR count). The summed E-state index contributed by atoms with van der Waals surface area (Å²) in [4.78, 5) is 9.23. The van der Waals surface area contributed by atoms with Gasteiger partial charge in [0.05, 0.1) is 7.06 Å². The van der Waals surface area contributed by atoms with E-state index < -0.39 is 0 Å². The first kappa shape index (κ1) is 9.31. The minimum atomic E-state index is 0.509. The quantitative estimate of drug-likeness (QED) is 0.809. The summed E-state index contributed by atoms with van der Waals surface area (Å²) in [6.07, 6.45) is 1.01. The smallest absolute Gasteiger partial charge is 0.159 e. The molecule has 0 bridgehead atoms. The molecule has 17 heavy (non-hydrogen) atoms. The van der Waals surface area contributed by atoms with Gasteiger partial charge in [0.2, 0.25) is 0 Å². The van der Waals surface area contributed by atoms with Gasteiger partial charge in [-0.3, -0.25) is 0 Å². The van der Waals surface area contributed by atoms with Gasteiger partial charge in [-0.1, -0.05) is 30.3 Å². The summed E-state index contributed by atoms with van der Waals surface area (Å²) in [5.41, 5.74) is 4.45. The van der Waals surface area contributed by atoms with Crippen molar-refractivity contribution in [3.05, 3.63) is 47.3 Å². The fourth-order valence-corrected chi connectivity index (χ4v) is 2.21. The molecule has 3 nitrogen and oxygen atoms in total. The summed E-state index contributed by atoms with van der Waals surface area (Å²) in [6, 6.07) is 7.85. The Bertz CT molecular complexity index is 578. The highest BCUT2D eigenvalue weighted by Crippen LogP contribution is 2.20. The van der Waals surface area contributed by atoms with Gasteiger partial charge in [0.15, 0.2) is 5.82 Å². The lowest BCUT2D eigenvalue weighted by Crippen LogP contribution is -2.26. The molecule has 0 unspecified atom stereocenters. The standard InChI is InChI=1S/C14H15N3/c1-10-12-7-8-15-9-13(12)17-14(16-10)11-5-3-2-4-6-11/h2-6,15H,7-9H2,1H3/i2D. The number of aryl methyl sites for hydroxylation is 1. The molecule has 1 aliphatic heterocycles. The van der Waals surface area contributed by atoms with Crippen LogP contribution < -0.4 is 5.32 Å². The minimum Gasteiger partial charge on any atom is -0.311 e. The van der Waals surface area contributed by atoms with E-state index >= 15 is 0 Å². The lowest BCUT2D eigenvalue weighted by Gasteiger charge is -2.18. The Morgan fingerprint density at radius 1 is 1.29 bits per heavy atom. The molecule has 0 fully saturated rings. The van der Waals surface area contributed by atoms with Gasteiger partial charge >= 0.3 is 0 Å². The van der Waals surface area contributed by atoms with Gasteiger partial charge in [-0.05, 0) is 25.5 Å². The van der Waals surface area contributed by atoms with E-state index in [2.05, 4.69) is 15.3 Å². The van der Waals surface area contributed by atoms with Gasteiger partial charge in [0, 0.05) is 17.8 Å². The topological polar surface area (TPSA) is 37.8 Å². The highest BCUT2D eigenvalue weighted by atomic mass is 15.0. The van der Waals surface area contributed by atoms with E-state index in [9.17, 15) is 0 Å². The molecule has 1 aliphatic rings. The van der Waals surface area contributed by atoms with Crippen molar-refractivity contribution in [3.63, 3.8) is 0 Å². The van der Waals surface area contributed by atoms with Gasteiger partial charge in [0.25, 0.3) is 0 Å². The molecule has 0 amide bonds. The summed E-state index contributed by atoms with van der Waals surface area (Å²) >= 11 is 0. The van der Waals surface area contributed by atoms with Gasteiger partial charge in [0.1, 0.15) is 0 Å². The molecule has 86 valence electrons. The molecule has 2 aromatic rings. The summed E-state index contributed by atoms with van der Waals surface area (Å²) in [7, 11) is 0. The van der Waals surface area contributed by atoms with E-state index in [-0.39, 0.29) is 0 Å². The van der Waals surface area contributed by atoms with E-state index in [0.29, 0.717) is 6.04 Å². The van der Waals surface area contributed by atoms with Gasteiger partial charge < -0.3 is 5.32 Å². The van der Waals surface area contributed by atoms with Crippen molar-refractivity contribution in [1.29, 1.82) is 0 Å². The third kappa shape index (κ3) is 1.94. The van der Waals surface area contributed by atoms with E-state index in [0.717, 1.165) is 42.3 Å². The molecule has 0 aliphatic carbocycles. The lowest BCUT2D eigenvalue weighted by molar-refractivity contribution is 0.620. The summed E-state index contributed by atoms with van der Waals surface area (Å²) in [6.45, 7) is 3.88. The minimum absolute atomic E-state index is 0.509. The second kappa shape index (κ2) is 4.26. The van der Waals surface area contributed by atoms with Crippen molar-refractivity contribution in [3.8, 4) is 11.4 Å². The van der Waals surface area contributed by atoms with Crippen LogP contribution in [0.1, 0.15) is 18.3 Å². The van der Waals surface area contributed by atoms with Crippen molar-refractivity contribution in [2.75, 3.05) is 6.54 Å². The average molecular weight is 226 g/mol.